The zero-order valence-corrected chi connectivity index (χ0v) is 12.5. The zero-order chi connectivity index (χ0) is 13.0. The quantitative estimate of drug-likeness (QED) is 0.748. The Kier molecular flexibility index (Phi) is 5.46. The Morgan fingerprint density at radius 3 is 2.72 bits per heavy atom. The fraction of sp³-hybridized carbons (Fsp3) is 1.00. The second-order valence-corrected chi connectivity index (χ2v) is 6.32. The molecule has 0 spiro atoms. The molecule has 1 heterocycles. The number of hydrogen-bond donors (Lipinski definition) is 1. The van der Waals surface area contributed by atoms with Crippen molar-refractivity contribution >= 4 is 0 Å². The van der Waals surface area contributed by atoms with Crippen LogP contribution in [0.2, 0.25) is 0 Å². The van der Waals surface area contributed by atoms with Crippen LogP contribution in [0.25, 0.3) is 0 Å². The van der Waals surface area contributed by atoms with Crippen molar-refractivity contribution in [2.75, 3.05) is 33.2 Å². The van der Waals surface area contributed by atoms with E-state index in [1.165, 1.54) is 58.3 Å². The molecule has 0 radical (unpaired) electrons. The Labute approximate surface area is 113 Å². The van der Waals surface area contributed by atoms with Gasteiger partial charge in [0.25, 0.3) is 0 Å². The largest absolute Gasteiger partial charge is 0.310 e. The molecule has 0 aromatic carbocycles. The summed E-state index contributed by atoms with van der Waals surface area (Å²) in [5, 5.41) is 3.79. The summed E-state index contributed by atoms with van der Waals surface area (Å²) >= 11 is 0. The molecule has 0 aromatic heterocycles. The highest BCUT2D eigenvalue weighted by atomic mass is 15.2. The smallest absolute Gasteiger partial charge is 0.0198 e. The van der Waals surface area contributed by atoms with Crippen LogP contribution in [-0.2, 0) is 0 Å². The van der Waals surface area contributed by atoms with Gasteiger partial charge in [-0.05, 0) is 52.6 Å². The molecule has 1 saturated heterocycles. The summed E-state index contributed by atoms with van der Waals surface area (Å²) in [4.78, 5) is 5.15. The van der Waals surface area contributed by atoms with Crippen molar-refractivity contribution in [2.45, 2.75) is 64.1 Å². The van der Waals surface area contributed by atoms with E-state index in [4.69, 9.17) is 0 Å². The first-order chi connectivity index (χ1) is 8.69. The van der Waals surface area contributed by atoms with Crippen LogP contribution < -0.4 is 5.32 Å². The first-order valence-corrected chi connectivity index (χ1v) is 7.87. The normalized spacial score (nSPS) is 27.7. The molecule has 0 bridgehead atoms. The van der Waals surface area contributed by atoms with Gasteiger partial charge in [-0.3, -0.25) is 0 Å². The van der Waals surface area contributed by atoms with Crippen LogP contribution in [0.1, 0.15) is 46.0 Å². The van der Waals surface area contributed by atoms with Crippen LogP contribution in [-0.4, -0.2) is 61.2 Å². The van der Waals surface area contributed by atoms with Crippen LogP contribution in [0.5, 0.6) is 0 Å². The maximum Gasteiger partial charge on any atom is 0.0198 e. The number of rotatable bonds is 7. The van der Waals surface area contributed by atoms with Gasteiger partial charge in [-0.1, -0.05) is 6.92 Å². The zero-order valence-electron chi connectivity index (χ0n) is 12.5. The summed E-state index contributed by atoms with van der Waals surface area (Å²) < 4.78 is 0. The van der Waals surface area contributed by atoms with Gasteiger partial charge in [-0.2, -0.15) is 0 Å². The topological polar surface area (TPSA) is 18.5 Å². The lowest BCUT2D eigenvalue weighted by molar-refractivity contribution is 0.154. The van der Waals surface area contributed by atoms with Crippen molar-refractivity contribution in [1.82, 2.24) is 15.1 Å². The Hall–Kier alpha value is -0.120. The lowest BCUT2D eigenvalue weighted by Crippen LogP contribution is -2.48. The SMILES string of the molecule is CCC(C)N(C)CCN1CCCC(NC2CC2)C1. The van der Waals surface area contributed by atoms with Crippen LogP contribution in [0, 0.1) is 0 Å². The molecule has 18 heavy (non-hydrogen) atoms. The minimum absolute atomic E-state index is 0.718. The molecule has 3 nitrogen and oxygen atoms in total. The molecule has 2 unspecified atom stereocenters. The van der Waals surface area contributed by atoms with E-state index in [2.05, 4.69) is 36.0 Å². The number of likely N-dealkylation sites (tertiary alicyclic amines) is 1. The van der Waals surface area contributed by atoms with Crippen molar-refractivity contribution in [1.29, 1.82) is 0 Å². The Bertz CT molecular complexity index is 240. The molecular weight excluding hydrogens is 222 g/mol. The lowest BCUT2D eigenvalue weighted by Gasteiger charge is -2.35. The monoisotopic (exact) mass is 253 g/mol. The molecule has 1 saturated carbocycles. The molecule has 2 fully saturated rings. The van der Waals surface area contributed by atoms with Gasteiger partial charge < -0.3 is 15.1 Å². The molecule has 2 atom stereocenters. The highest BCUT2D eigenvalue weighted by Gasteiger charge is 2.27. The maximum absolute atomic E-state index is 3.79. The predicted molar refractivity (Wildman–Crippen MR) is 78.0 cm³/mol. The van der Waals surface area contributed by atoms with Crippen LogP contribution >= 0.6 is 0 Å². The van der Waals surface area contributed by atoms with Gasteiger partial charge in [0.05, 0.1) is 0 Å². The van der Waals surface area contributed by atoms with E-state index in [1.54, 1.807) is 0 Å². The number of hydrogen-bond acceptors (Lipinski definition) is 3. The van der Waals surface area contributed by atoms with Crippen LogP contribution in [0.15, 0.2) is 0 Å². The van der Waals surface area contributed by atoms with E-state index in [0.29, 0.717) is 0 Å². The fourth-order valence-electron chi connectivity index (χ4n) is 2.81. The summed E-state index contributed by atoms with van der Waals surface area (Å²) in [5.74, 6) is 0. The Morgan fingerprint density at radius 1 is 1.28 bits per heavy atom. The summed E-state index contributed by atoms with van der Waals surface area (Å²) in [6.07, 6.45) is 6.83. The second kappa shape index (κ2) is 6.88. The van der Waals surface area contributed by atoms with Gasteiger partial charge in [-0.25, -0.2) is 0 Å². The van der Waals surface area contributed by atoms with Crippen molar-refractivity contribution < 1.29 is 0 Å². The van der Waals surface area contributed by atoms with Gasteiger partial charge in [-0.15, -0.1) is 0 Å². The first kappa shape index (κ1) is 14.3. The summed E-state index contributed by atoms with van der Waals surface area (Å²) in [6, 6.07) is 2.34. The fourth-order valence-corrected chi connectivity index (χ4v) is 2.81. The van der Waals surface area contributed by atoms with Crippen molar-refractivity contribution in [3.63, 3.8) is 0 Å². The van der Waals surface area contributed by atoms with E-state index < -0.39 is 0 Å². The van der Waals surface area contributed by atoms with Crippen molar-refractivity contribution in [2.24, 2.45) is 0 Å². The molecular formula is C15H31N3. The minimum Gasteiger partial charge on any atom is -0.310 e. The third-order valence-corrected chi connectivity index (χ3v) is 4.67. The van der Waals surface area contributed by atoms with E-state index in [1.807, 2.05) is 0 Å². The second-order valence-electron chi connectivity index (χ2n) is 6.32. The molecule has 0 aromatic rings. The molecule has 1 N–H and O–H groups in total. The Morgan fingerprint density at radius 2 is 2.06 bits per heavy atom. The van der Waals surface area contributed by atoms with E-state index in [0.717, 1.165) is 18.1 Å². The van der Waals surface area contributed by atoms with E-state index in [-0.39, 0.29) is 0 Å². The molecule has 0 amide bonds. The Balaban J connectivity index is 1.65. The molecule has 2 aliphatic rings. The highest BCUT2D eigenvalue weighted by molar-refractivity contribution is 4.88. The van der Waals surface area contributed by atoms with Gasteiger partial charge >= 0.3 is 0 Å². The lowest BCUT2D eigenvalue weighted by atomic mass is 10.1. The molecule has 2 rings (SSSR count). The molecule has 106 valence electrons. The van der Waals surface area contributed by atoms with E-state index >= 15 is 0 Å². The number of nitrogens with one attached hydrogen (secondary N) is 1. The van der Waals surface area contributed by atoms with Crippen LogP contribution in [0.4, 0.5) is 0 Å². The predicted octanol–water partition coefficient (Wildman–Crippen LogP) is 1.93. The molecule has 3 heteroatoms. The van der Waals surface area contributed by atoms with Gasteiger partial charge in [0.15, 0.2) is 0 Å². The summed E-state index contributed by atoms with van der Waals surface area (Å²) in [6.45, 7) is 9.63. The number of likely N-dealkylation sites (N-methyl/N-ethyl adjacent to an activating group) is 1. The average Bonchev–Trinajstić information content (AvgIpc) is 3.19. The molecule has 1 aliphatic heterocycles. The third kappa shape index (κ3) is 4.52. The minimum atomic E-state index is 0.718. The first-order valence-electron chi connectivity index (χ1n) is 7.87. The highest BCUT2D eigenvalue weighted by Crippen LogP contribution is 2.21. The molecule has 1 aliphatic carbocycles. The number of piperidine rings is 1. The summed E-state index contributed by atoms with van der Waals surface area (Å²) in [7, 11) is 2.26. The van der Waals surface area contributed by atoms with E-state index in [9.17, 15) is 0 Å². The maximum atomic E-state index is 3.79. The average molecular weight is 253 g/mol. The van der Waals surface area contributed by atoms with Crippen LogP contribution in [0.3, 0.4) is 0 Å². The third-order valence-electron chi connectivity index (χ3n) is 4.67. The van der Waals surface area contributed by atoms with Gasteiger partial charge in [0.1, 0.15) is 0 Å². The van der Waals surface area contributed by atoms with Gasteiger partial charge in [0.2, 0.25) is 0 Å². The van der Waals surface area contributed by atoms with Gasteiger partial charge in [0, 0.05) is 37.8 Å². The van der Waals surface area contributed by atoms with Crippen molar-refractivity contribution in [3.8, 4) is 0 Å². The van der Waals surface area contributed by atoms with Crippen molar-refractivity contribution in [3.05, 3.63) is 0 Å². The standard InChI is InChI=1S/C15H31N3/c1-4-13(2)17(3)10-11-18-9-5-6-15(12-18)16-14-7-8-14/h13-16H,4-12H2,1-3H3. The number of nitrogens with zero attached hydrogens (tertiary/aromatic N) is 2. The summed E-state index contributed by atoms with van der Waals surface area (Å²) in [5.41, 5.74) is 0.